The van der Waals surface area contributed by atoms with E-state index >= 15 is 0 Å². The first-order valence-corrected chi connectivity index (χ1v) is 10.1. The first-order chi connectivity index (χ1) is 14.4. The van der Waals surface area contributed by atoms with Crippen LogP contribution in [-0.4, -0.2) is 65.8 Å². The van der Waals surface area contributed by atoms with Crippen LogP contribution in [0.3, 0.4) is 0 Å². The number of phenols is 1. The number of rotatable bonds is 7. The van der Waals surface area contributed by atoms with Gasteiger partial charge >= 0.3 is 0 Å². The van der Waals surface area contributed by atoms with Gasteiger partial charge in [-0.15, -0.1) is 0 Å². The lowest BCUT2D eigenvalue weighted by atomic mass is 9.94. The van der Waals surface area contributed by atoms with E-state index in [0.29, 0.717) is 30.6 Å². The largest absolute Gasteiger partial charge is 0.507 e. The molecule has 7 heteroatoms. The van der Waals surface area contributed by atoms with Gasteiger partial charge in [-0.05, 0) is 75.9 Å². The van der Waals surface area contributed by atoms with Crippen LogP contribution in [0.15, 0.2) is 30.4 Å². The van der Waals surface area contributed by atoms with E-state index in [-0.39, 0.29) is 17.3 Å². The standard InChI is InChI=1S/C23H26N4O3/c1-24-11-9-13-20-17(29)7-8-18(30)23(20)26-22(13)21-14(10-12-27(2)3)19-15(25-21)5-4-6-16(19)28/h4-8,24-26,28H,9-12H2,1-3H3. The SMILES string of the molecule is CNCCc1c(-c2[nH]c3cccc(O)c3c2CCN(C)C)[nH]c2c1C(=O)C=CC2=O. The molecule has 0 aliphatic heterocycles. The summed E-state index contributed by atoms with van der Waals surface area (Å²) < 4.78 is 0. The van der Waals surface area contributed by atoms with Gasteiger partial charge in [-0.3, -0.25) is 9.59 Å². The maximum absolute atomic E-state index is 12.6. The predicted molar refractivity (Wildman–Crippen MR) is 117 cm³/mol. The van der Waals surface area contributed by atoms with Crippen LogP contribution < -0.4 is 5.32 Å². The minimum Gasteiger partial charge on any atom is -0.507 e. The third-order valence-electron chi connectivity index (χ3n) is 5.57. The Morgan fingerprint density at radius 1 is 0.967 bits per heavy atom. The third kappa shape index (κ3) is 3.36. The summed E-state index contributed by atoms with van der Waals surface area (Å²) in [6.07, 6.45) is 3.96. The van der Waals surface area contributed by atoms with E-state index < -0.39 is 0 Å². The summed E-state index contributed by atoms with van der Waals surface area (Å²) in [4.78, 5) is 33.9. The minimum atomic E-state index is -0.199. The highest BCUT2D eigenvalue weighted by Gasteiger charge is 2.30. The van der Waals surface area contributed by atoms with E-state index in [1.807, 2.05) is 27.2 Å². The summed E-state index contributed by atoms with van der Waals surface area (Å²) in [5.74, 6) is -0.145. The van der Waals surface area contributed by atoms with Crippen molar-refractivity contribution < 1.29 is 14.7 Å². The molecule has 3 aromatic rings. The second-order valence-electron chi connectivity index (χ2n) is 7.88. The molecule has 0 saturated heterocycles. The topological polar surface area (TPSA) is 101 Å². The van der Waals surface area contributed by atoms with Crippen LogP contribution in [0, 0.1) is 0 Å². The molecule has 0 saturated carbocycles. The van der Waals surface area contributed by atoms with E-state index in [1.165, 1.54) is 12.2 Å². The van der Waals surface area contributed by atoms with Gasteiger partial charge < -0.3 is 25.3 Å². The lowest BCUT2D eigenvalue weighted by Crippen LogP contribution is -2.16. The monoisotopic (exact) mass is 406 g/mol. The zero-order chi connectivity index (χ0) is 21.4. The van der Waals surface area contributed by atoms with Crippen LogP contribution >= 0.6 is 0 Å². The third-order valence-corrected chi connectivity index (χ3v) is 5.57. The number of fused-ring (bicyclic) bond motifs is 2. The Morgan fingerprint density at radius 2 is 1.70 bits per heavy atom. The molecule has 2 heterocycles. The molecule has 0 bridgehead atoms. The van der Waals surface area contributed by atoms with E-state index in [2.05, 4.69) is 20.2 Å². The van der Waals surface area contributed by atoms with Crippen molar-refractivity contribution in [3.8, 4) is 17.1 Å². The summed E-state index contributed by atoms with van der Waals surface area (Å²) in [5, 5.41) is 14.5. The van der Waals surface area contributed by atoms with Gasteiger partial charge in [-0.25, -0.2) is 0 Å². The Balaban J connectivity index is 1.97. The van der Waals surface area contributed by atoms with Gasteiger partial charge in [0, 0.05) is 17.4 Å². The zero-order valence-electron chi connectivity index (χ0n) is 17.4. The Kier molecular flexibility index (Phi) is 5.32. The number of allylic oxidation sites excluding steroid dienone is 2. The van der Waals surface area contributed by atoms with Crippen LogP contribution in [0.25, 0.3) is 22.3 Å². The molecular formula is C23H26N4O3. The molecule has 0 spiro atoms. The Morgan fingerprint density at radius 3 is 2.43 bits per heavy atom. The maximum Gasteiger partial charge on any atom is 0.202 e. The molecule has 0 fully saturated rings. The first kappa shape index (κ1) is 20.1. The number of hydrogen-bond donors (Lipinski definition) is 4. The molecule has 1 aliphatic carbocycles. The molecule has 4 N–H and O–H groups in total. The zero-order valence-corrected chi connectivity index (χ0v) is 17.4. The molecule has 0 unspecified atom stereocenters. The van der Waals surface area contributed by atoms with E-state index in [0.717, 1.165) is 40.0 Å². The van der Waals surface area contributed by atoms with Crippen LogP contribution in [0.5, 0.6) is 5.75 Å². The predicted octanol–water partition coefficient (Wildman–Crippen LogP) is 2.67. The molecule has 1 aliphatic rings. The van der Waals surface area contributed by atoms with Gasteiger partial charge in [0.15, 0.2) is 5.78 Å². The number of H-pyrrole nitrogens is 2. The second-order valence-corrected chi connectivity index (χ2v) is 7.88. The average molecular weight is 406 g/mol. The molecule has 7 nitrogen and oxygen atoms in total. The fourth-order valence-electron chi connectivity index (χ4n) is 4.12. The smallest absolute Gasteiger partial charge is 0.202 e. The highest BCUT2D eigenvalue weighted by Crippen LogP contribution is 2.39. The summed E-state index contributed by atoms with van der Waals surface area (Å²) in [5.41, 5.74) is 4.95. The van der Waals surface area contributed by atoms with Crippen molar-refractivity contribution in [1.82, 2.24) is 20.2 Å². The van der Waals surface area contributed by atoms with Gasteiger partial charge in [-0.1, -0.05) is 6.07 Å². The molecule has 2 aromatic heterocycles. The first-order valence-electron chi connectivity index (χ1n) is 10.1. The van der Waals surface area contributed by atoms with Crippen LogP contribution in [0.4, 0.5) is 0 Å². The van der Waals surface area contributed by atoms with Crippen molar-refractivity contribution in [3.63, 3.8) is 0 Å². The average Bonchev–Trinajstić information content (AvgIpc) is 3.27. The summed E-state index contributed by atoms with van der Waals surface area (Å²) in [7, 11) is 5.86. The quantitative estimate of drug-likeness (QED) is 0.483. The van der Waals surface area contributed by atoms with Crippen LogP contribution in [0.2, 0.25) is 0 Å². The van der Waals surface area contributed by atoms with Crippen molar-refractivity contribution in [2.75, 3.05) is 34.2 Å². The number of benzene rings is 1. The minimum absolute atomic E-state index is 0.160. The maximum atomic E-state index is 12.6. The number of aromatic hydroxyl groups is 1. The van der Waals surface area contributed by atoms with Crippen molar-refractivity contribution in [1.29, 1.82) is 0 Å². The van der Waals surface area contributed by atoms with Crippen molar-refractivity contribution in [2.45, 2.75) is 12.8 Å². The molecule has 0 radical (unpaired) electrons. The molecule has 156 valence electrons. The normalized spacial score (nSPS) is 13.6. The van der Waals surface area contributed by atoms with E-state index in [4.69, 9.17) is 0 Å². The molecule has 0 atom stereocenters. The van der Waals surface area contributed by atoms with Crippen LogP contribution in [-0.2, 0) is 12.8 Å². The van der Waals surface area contributed by atoms with Gasteiger partial charge in [-0.2, -0.15) is 0 Å². The Hall–Kier alpha value is -3.16. The van der Waals surface area contributed by atoms with Gasteiger partial charge in [0.2, 0.25) is 5.78 Å². The lowest BCUT2D eigenvalue weighted by Gasteiger charge is -2.12. The summed E-state index contributed by atoms with van der Waals surface area (Å²) in [6, 6.07) is 5.40. The number of likely N-dealkylation sites (N-methyl/N-ethyl adjacent to an activating group) is 2. The highest BCUT2D eigenvalue weighted by molar-refractivity contribution is 6.23. The van der Waals surface area contributed by atoms with E-state index in [1.54, 1.807) is 12.1 Å². The van der Waals surface area contributed by atoms with Gasteiger partial charge in [0.1, 0.15) is 5.75 Å². The Labute approximate surface area is 174 Å². The van der Waals surface area contributed by atoms with Crippen molar-refractivity contribution >= 4 is 22.5 Å². The molecular weight excluding hydrogens is 380 g/mol. The molecule has 0 amide bonds. The van der Waals surface area contributed by atoms with Crippen LogP contribution in [0.1, 0.15) is 32.0 Å². The number of ketones is 2. The number of hydrogen-bond acceptors (Lipinski definition) is 5. The number of nitrogens with zero attached hydrogens (tertiary/aromatic N) is 1. The molecule has 30 heavy (non-hydrogen) atoms. The summed E-state index contributed by atoms with van der Waals surface area (Å²) >= 11 is 0. The number of aromatic nitrogens is 2. The number of phenolic OH excluding ortho intramolecular Hbond substituents is 1. The van der Waals surface area contributed by atoms with Gasteiger partial charge in [0.05, 0.1) is 22.6 Å². The van der Waals surface area contributed by atoms with E-state index in [9.17, 15) is 14.7 Å². The number of carbonyl (C=O) groups is 2. The second kappa shape index (κ2) is 7.93. The molecule has 4 rings (SSSR count). The summed E-state index contributed by atoms with van der Waals surface area (Å²) in [6.45, 7) is 1.46. The fourth-order valence-corrected chi connectivity index (χ4v) is 4.12. The van der Waals surface area contributed by atoms with Gasteiger partial charge in [0.25, 0.3) is 0 Å². The fraction of sp³-hybridized carbons (Fsp3) is 0.304. The number of carbonyl (C=O) groups excluding carboxylic acids is 2. The molecule has 1 aromatic carbocycles. The van der Waals surface area contributed by atoms with Crippen molar-refractivity contribution in [3.05, 3.63) is 52.7 Å². The number of aromatic amines is 2. The number of nitrogens with one attached hydrogen (secondary N) is 3. The highest BCUT2D eigenvalue weighted by atomic mass is 16.3. The van der Waals surface area contributed by atoms with Crippen molar-refractivity contribution in [2.24, 2.45) is 0 Å². The lowest BCUT2D eigenvalue weighted by molar-refractivity contribution is 0.0991. The Bertz CT molecular complexity index is 1170.